The molecule has 2 unspecified atom stereocenters. The quantitative estimate of drug-likeness (QED) is 0.599. The van der Waals surface area contributed by atoms with Crippen molar-refractivity contribution >= 4 is 31.9 Å². The SMILES string of the molecule is CC(Br)(CBr)c1ccccc1OCC1CO1. The minimum atomic E-state index is -0.103. The maximum atomic E-state index is 5.77. The number of epoxide rings is 1. The maximum Gasteiger partial charge on any atom is 0.124 e. The summed E-state index contributed by atoms with van der Waals surface area (Å²) in [6.45, 7) is 3.59. The van der Waals surface area contributed by atoms with E-state index < -0.39 is 0 Å². The standard InChI is InChI=1S/C12H14Br2O2/c1-12(14,8-13)10-4-2-3-5-11(10)16-7-9-6-15-9/h2-5,9H,6-8H2,1H3. The summed E-state index contributed by atoms with van der Waals surface area (Å²) in [5.74, 6) is 0.928. The number of rotatable bonds is 5. The van der Waals surface area contributed by atoms with E-state index in [0.29, 0.717) is 12.7 Å². The zero-order valence-corrected chi connectivity index (χ0v) is 12.3. The first-order chi connectivity index (χ1) is 7.63. The molecule has 0 bridgehead atoms. The Morgan fingerprint density at radius 3 is 2.81 bits per heavy atom. The molecule has 1 heterocycles. The van der Waals surface area contributed by atoms with Gasteiger partial charge in [-0.25, -0.2) is 0 Å². The van der Waals surface area contributed by atoms with E-state index in [2.05, 4.69) is 44.8 Å². The molecule has 0 aliphatic carbocycles. The summed E-state index contributed by atoms with van der Waals surface area (Å²) in [4.78, 5) is 0. The molecular formula is C12H14Br2O2. The first kappa shape index (κ1) is 12.4. The lowest BCUT2D eigenvalue weighted by molar-refractivity contribution is 0.260. The molecule has 0 spiro atoms. The van der Waals surface area contributed by atoms with Gasteiger partial charge in [0.1, 0.15) is 18.5 Å². The molecule has 1 aliphatic heterocycles. The van der Waals surface area contributed by atoms with Crippen LogP contribution in [0.1, 0.15) is 12.5 Å². The summed E-state index contributed by atoms with van der Waals surface area (Å²) >= 11 is 7.21. The van der Waals surface area contributed by atoms with Crippen molar-refractivity contribution in [3.63, 3.8) is 0 Å². The van der Waals surface area contributed by atoms with Gasteiger partial charge < -0.3 is 9.47 Å². The number of alkyl halides is 2. The van der Waals surface area contributed by atoms with Gasteiger partial charge in [-0.2, -0.15) is 0 Å². The van der Waals surface area contributed by atoms with Crippen LogP contribution in [-0.4, -0.2) is 24.6 Å². The fourth-order valence-corrected chi connectivity index (χ4v) is 2.07. The molecule has 1 aromatic carbocycles. The van der Waals surface area contributed by atoms with Gasteiger partial charge in [-0.15, -0.1) is 0 Å². The lowest BCUT2D eigenvalue weighted by atomic mass is 10.0. The second-order valence-electron chi connectivity index (χ2n) is 4.09. The molecule has 16 heavy (non-hydrogen) atoms. The highest BCUT2D eigenvalue weighted by atomic mass is 79.9. The second kappa shape index (κ2) is 5.07. The average Bonchev–Trinajstić information content (AvgIpc) is 3.10. The lowest BCUT2D eigenvalue weighted by Crippen LogP contribution is -2.17. The third-order valence-electron chi connectivity index (χ3n) is 2.53. The molecule has 2 rings (SSSR count). The monoisotopic (exact) mass is 348 g/mol. The molecule has 0 N–H and O–H groups in total. The van der Waals surface area contributed by atoms with Gasteiger partial charge in [0, 0.05) is 10.9 Å². The fourth-order valence-electron chi connectivity index (χ4n) is 1.44. The molecule has 1 fully saturated rings. The molecule has 0 saturated carbocycles. The van der Waals surface area contributed by atoms with E-state index in [1.54, 1.807) is 0 Å². The van der Waals surface area contributed by atoms with Gasteiger partial charge in [0.15, 0.2) is 0 Å². The normalized spacial score (nSPS) is 22.6. The summed E-state index contributed by atoms with van der Waals surface area (Å²) in [6, 6.07) is 8.10. The van der Waals surface area contributed by atoms with Crippen molar-refractivity contribution in [3.8, 4) is 5.75 Å². The summed E-state index contributed by atoms with van der Waals surface area (Å²) in [5, 5.41) is 0.834. The van der Waals surface area contributed by atoms with E-state index in [0.717, 1.165) is 23.2 Å². The van der Waals surface area contributed by atoms with Gasteiger partial charge in [0.05, 0.1) is 10.9 Å². The van der Waals surface area contributed by atoms with Crippen LogP contribution in [-0.2, 0) is 9.06 Å². The molecule has 0 aromatic heterocycles. The highest BCUT2D eigenvalue weighted by molar-refractivity contribution is 9.12. The summed E-state index contributed by atoms with van der Waals surface area (Å²) in [7, 11) is 0. The van der Waals surface area contributed by atoms with E-state index in [1.807, 2.05) is 18.2 Å². The van der Waals surface area contributed by atoms with Crippen molar-refractivity contribution in [3.05, 3.63) is 29.8 Å². The van der Waals surface area contributed by atoms with Crippen LogP contribution in [0.4, 0.5) is 0 Å². The van der Waals surface area contributed by atoms with Crippen LogP contribution in [0.3, 0.4) is 0 Å². The van der Waals surface area contributed by atoms with Crippen LogP contribution in [0.15, 0.2) is 24.3 Å². The van der Waals surface area contributed by atoms with Crippen molar-refractivity contribution in [1.29, 1.82) is 0 Å². The van der Waals surface area contributed by atoms with Gasteiger partial charge >= 0.3 is 0 Å². The first-order valence-corrected chi connectivity index (χ1v) is 7.14. The molecule has 1 saturated heterocycles. The smallest absolute Gasteiger partial charge is 0.124 e. The van der Waals surface area contributed by atoms with E-state index in [4.69, 9.17) is 9.47 Å². The summed E-state index contributed by atoms with van der Waals surface area (Å²) in [5.41, 5.74) is 1.16. The zero-order valence-electron chi connectivity index (χ0n) is 9.08. The van der Waals surface area contributed by atoms with Gasteiger partial charge in [0.25, 0.3) is 0 Å². The van der Waals surface area contributed by atoms with Crippen LogP contribution in [0.2, 0.25) is 0 Å². The second-order valence-corrected chi connectivity index (χ2v) is 6.40. The number of halogens is 2. The van der Waals surface area contributed by atoms with E-state index in [-0.39, 0.29) is 4.32 Å². The van der Waals surface area contributed by atoms with Crippen LogP contribution >= 0.6 is 31.9 Å². The predicted molar refractivity (Wildman–Crippen MR) is 71.8 cm³/mol. The molecule has 1 aromatic rings. The number of hydrogen-bond donors (Lipinski definition) is 0. The fraction of sp³-hybridized carbons (Fsp3) is 0.500. The highest BCUT2D eigenvalue weighted by Gasteiger charge is 2.27. The van der Waals surface area contributed by atoms with Crippen molar-refractivity contribution in [2.75, 3.05) is 18.5 Å². The molecule has 88 valence electrons. The van der Waals surface area contributed by atoms with Crippen LogP contribution in [0.25, 0.3) is 0 Å². The molecule has 0 radical (unpaired) electrons. The highest BCUT2D eigenvalue weighted by Crippen LogP contribution is 2.38. The molecule has 0 amide bonds. The largest absolute Gasteiger partial charge is 0.490 e. The van der Waals surface area contributed by atoms with E-state index in [1.165, 1.54) is 0 Å². The third-order valence-corrected chi connectivity index (χ3v) is 5.11. The summed E-state index contributed by atoms with van der Waals surface area (Å²) < 4.78 is 10.8. The molecule has 1 aliphatic rings. The van der Waals surface area contributed by atoms with Crippen molar-refractivity contribution in [2.24, 2.45) is 0 Å². The van der Waals surface area contributed by atoms with Gasteiger partial charge in [-0.1, -0.05) is 50.1 Å². The number of ether oxygens (including phenoxy) is 2. The Hall–Kier alpha value is -0.0600. The van der Waals surface area contributed by atoms with Crippen molar-refractivity contribution in [1.82, 2.24) is 0 Å². The third kappa shape index (κ3) is 2.99. The van der Waals surface area contributed by atoms with Crippen molar-refractivity contribution in [2.45, 2.75) is 17.4 Å². The van der Waals surface area contributed by atoms with E-state index >= 15 is 0 Å². The van der Waals surface area contributed by atoms with Gasteiger partial charge in [-0.3, -0.25) is 0 Å². The molecule has 2 atom stereocenters. The average molecular weight is 350 g/mol. The minimum absolute atomic E-state index is 0.103. The number of para-hydroxylation sites is 1. The van der Waals surface area contributed by atoms with Crippen LogP contribution in [0.5, 0.6) is 5.75 Å². The Bertz CT molecular complexity index is 362. The Morgan fingerprint density at radius 2 is 2.19 bits per heavy atom. The Balaban J connectivity index is 2.15. The molecule has 4 heteroatoms. The zero-order chi connectivity index (χ0) is 11.6. The number of benzene rings is 1. The Kier molecular flexibility index (Phi) is 3.93. The lowest BCUT2D eigenvalue weighted by Gasteiger charge is -2.23. The minimum Gasteiger partial charge on any atom is -0.490 e. The summed E-state index contributed by atoms with van der Waals surface area (Å²) in [6.07, 6.45) is 0.290. The van der Waals surface area contributed by atoms with Crippen molar-refractivity contribution < 1.29 is 9.47 Å². The molecule has 2 nitrogen and oxygen atoms in total. The number of hydrogen-bond acceptors (Lipinski definition) is 2. The van der Waals surface area contributed by atoms with Crippen LogP contribution < -0.4 is 4.74 Å². The predicted octanol–water partition coefficient (Wildman–Crippen LogP) is 3.47. The topological polar surface area (TPSA) is 21.8 Å². The van der Waals surface area contributed by atoms with Gasteiger partial charge in [-0.05, 0) is 13.0 Å². The van der Waals surface area contributed by atoms with E-state index in [9.17, 15) is 0 Å². The first-order valence-electron chi connectivity index (χ1n) is 5.22. The Labute approximate surface area is 113 Å². The van der Waals surface area contributed by atoms with Gasteiger partial charge in [0.2, 0.25) is 0 Å². The molecular weight excluding hydrogens is 336 g/mol. The van der Waals surface area contributed by atoms with Crippen LogP contribution in [0, 0.1) is 0 Å². The maximum absolute atomic E-state index is 5.77. The Morgan fingerprint density at radius 1 is 1.50 bits per heavy atom.